The van der Waals surface area contributed by atoms with Crippen molar-refractivity contribution in [3.8, 4) is 5.88 Å². The molecule has 0 bridgehead atoms. The third-order valence-corrected chi connectivity index (χ3v) is 6.57. The van der Waals surface area contributed by atoms with Crippen molar-refractivity contribution in [2.24, 2.45) is 5.41 Å². The van der Waals surface area contributed by atoms with Crippen LogP contribution >= 0.6 is 0 Å². The predicted octanol–water partition coefficient (Wildman–Crippen LogP) is 4.39. The molecule has 8 nitrogen and oxygen atoms in total. The molecule has 0 amide bonds. The van der Waals surface area contributed by atoms with E-state index in [9.17, 15) is 19.8 Å². The van der Waals surface area contributed by atoms with Gasteiger partial charge in [-0.05, 0) is 49.4 Å². The topological polar surface area (TPSA) is 115 Å². The molecule has 2 aromatic carbocycles. The van der Waals surface area contributed by atoms with E-state index in [0.717, 1.165) is 27.7 Å². The molecule has 8 heteroatoms. The molecule has 0 radical (unpaired) electrons. The lowest BCUT2D eigenvalue weighted by Crippen LogP contribution is -2.38. The van der Waals surface area contributed by atoms with Gasteiger partial charge in [-0.1, -0.05) is 54.6 Å². The maximum absolute atomic E-state index is 11.7. The highest BCUT2D eigenvalue weighted by atomic mass is 16.5. The number of hydrogen-bond acceptors (Lipinski definition) is 5. The summed E-state index contributed by atoms with van der Waals surface area (Å²) in [5.74, 6) is -2.41. The smallest absolute Gasteiger partial charge is 0.321 e. The van der Waals surface area contributed by atoms with Crippen molar-refractivity contribution in [2.75, 3.05) is 0 Å². The SMILES string of the molecule is Cc1c(C)n(Cc2ccccc2)c2c(OCc3ccccc3CC(C)(C(=O)O)C(=O)O)nncc12. The average molecular weight is 474 g/mol. The maximum Gasteiger partial charge on any atom is 0.321 e. The van der Waals surface area contributed by atoms with Crippen molar-refractivity contribution < 1.29 is 24.5 Å². The first-order chi connectivity index (χ1) is 16.7. The molecule has 0 aliphatic carbocycles. The number of carboxylic acid groups (broad SMARTS) is 2. The van der Waals surface area contributed by atoms with Crippen LogP contribution in [0.2, 0.25) is 0 Å². The molecule has 0 aliphatic heterocycles. The number of nitrogens with zero attached hydrogens (tertiary/aromatic N) is 3. The molecule has 180 valence electrons. The number of aromatic nitrogens is 3. The van der Waals surface area contributed by atoms with Gasteiger partial charge in [0.05, 0.1) is 6.20 Å². The lowest BCUT2D eigenvalue weighted by Gasteiger charge is -2.21. The Morgan fingerprint density at radius 2 is 1.60 bits per heavy atom. The molecule has 0 saturated heterocycles. The van der Waals surface area contributed by atoms with Gasteiger partial charge in [0.15, 0.2) is 5.41 Å². The van der Waals surface area contributed by atoms with Crippen LogP contribution in [-0.4, -0.2) is 36.9 Å². The average Bonchev–Trinajstić information content (AvgIpc) is 3.09. The van der Waals surface area contributed by atoms with Crippen LogP contribution in [0, 0.1) is 19.3 Å². The van der Waals surface area contributed by atoms with Crippen molar-refractivity contribution in [1.29, 1.82) is 0 Å². The molecular weight excluding hydrogens is 446 g/mol. The van der Waals surface area contributed by atoms with Gasteiger partial charge in [-0.2, -0.15) is 5.10 Å². The second kappa shape index (κ2) is 9.58. The number of aliphatic carboxylic acids is 2. The number of carboxylic acids is 2. The molecule has 0 fully saturated rings. The highest BCUT2D eigenvalue weighted by Crippen LogP contribution is 2.32. The maximum atomic E-state index is 11.7. The van der Waals surface area contributed by atoms with Crippen molar-refractivity contribution >= 4 is 22.8 Å². The molecule has 2 heterocycles. The number of rotatable bonds is 9. The molecule has 0 aliphatic rings. The molecule has 2 N–H and O–H groups in total. The molecule has 2 aromatic heterocycles. The van der Waals surface area contributed by atoms with Crippen LogP contribution in [0.3, 0.4) is 0 Å². The molecule has 0 saturated carbocycles. The van der Waals surface area contributed by atoms with Crippen molar-refractivity contribution in [1.82, 2.24) is 14.8 Å². The molecule has 4 rings (SSSR count). The van der Waals surface area contributed by atoms with Gasteiger partial charge in [-0.15, -0.1) is 5.10 Å². The Kier molecular flexibility index (Phi) is 6.55. The van der Waals surface area contributed by atoms with Crippen LogP contribution in [0.15, 0.2) is 60.8 Å². The quantitative estimate of drug-likeness (QED) is 0.346. The largest absolute Gasteiger partial charge is 0.480 e. The van der Waals surface area contributed by atoms with Gasteiger partial charge in [-0.25, -0.2) is 0 Å². The third kappa shape index (κ3) is 4.59. The summed E-state index contributed by atoms with van der Waals surface area (Å²) in [7, 11) is 0. The van der Waals surface area contributed by atoms with Crippen LogP contribution < -0.4 is 4.74 Å². The van der Waals surface area contributed by atoms with E-state index in [0.29, 0.717) is 23.6 Å². The summed E-state index contributed by atoms with van der Waals surface area (Å²) in [5, 5.41) is 28.4. The van der Waals surface area contributed by atoms with E-state index in [-0.39, 0.29) is 13.0 Å². The van der Waals surface area contributed by atoms with Crippen molar-refractivity contribution in [3.05, 3.63) is 88.7 Å². The van der Waals surface area contributed by atoms with Gasteiger partial charge in [0, 0.05) is 17.6 Å². The minimum Gasteiger partial charge on any atom is -0.480 e. The third-order valence-electron chi connectivity index (χ3n) is 6.57. The Morgan fingerprint density at radius 3 is 2.26 bits per heavy atom. The van der Waals surface area contributed by atoms with Gasteiger partial charge in [-0.3, -0.25) is 9.59 Å². The Morgan fingerprint density at radius 1 is 0.971 bits per heavy atom. The Labute approximate surface area is 202 Å². The van der Waals surface area contributed by atoms with Crippen LogP contribution in [0.1, 0.15) is 34.9 Å². The van der Waals surface area contributed by atoms with Gasteiger partial charge in [0.25, 0.3) is 5.88 Å². The summed E-state index contributed by atoms with van der Waals surface area (Å²) in [5.41, 5.74) is 3.48. The van der Waals surface area contributed by atoms with E-state index in [1.54, 1.807) is 30.5 Å². The minimum absolute atomic E-state index is 0.0912. The Balaban J connectivity index is 1.68. The summed E-state index contributed by atoms with van der Waals surface area (Å²) >= 11 is 0. The van der Waals surface area contributed by atoms with Crippen LogP contribution in [-0.2, 0) is 29.2 Å². The number of hydrogen-bond donors (Lipinski definition) is 2. The lowest BCUT2D eigenvalue weighted by atomic mass is 9.82. The van der Waals surface area contributed by atoms with Gasteiger partial charge >= 0.3 is 11.9 Å². The fraction of sp³-hybridized carbons (Fsp3) is 0.259. The number of ether oxygens (including phenoxy) is 1. The fourth-order valence-corrected chi connectivity index (χ4v) is 4.16. The number of benzene rings is 2. The number of fused-ring (bicyclic) bond motifs is 1. The standard InChI is InChI=1S/C27H27N3O5/c1-17-18(2)30(15-19-9-5-4-6-10-19)23-22(17)14-28-29-24(23)35-16-21-12-8-7-11-20(21)13-27(3,25(31)32)26(33)34/h4-12,14H,13,15-16H2,1-3H3,(H,31,32)(H,33,34). The summed E-state index contributed by atoms with van der Waals surface area (Å²) < 4.78 is 8.29. The summed E-state index contributed by atoms with van der Waals surface area (Å²) in [6.07, 6.45) is 1.56. The Bertz CT molecular complexity index is 1380. The highest BCUT2D eigenvalue weighted by Gasteiger charge is 2.42. The highest BCUT2D eigenvalue weighted by molar-refractivity contribution is 5.98. The summed E-state index contributed by atoms with van der Waals surface area (Å²) in [6, 6.07) is 17.2. The van der Waals surface area contributed by atoms with E-state index in [4.69, 9.17) is 4.74 Å². The fourth-order valence-electron chi connectivity index (χ4n) is 4.16. The minimum atomic E-state index is -1.95. The number of aryl methyl sites for hydroxylation is 1. The monoisotopic (exact) mass is 473 g/mol. The van der Waals surface area contributed by atoms with E-state index >= 15 is 0 Å². The van der Waals surface area contributed by atoms with Crippen molar-refractivity contribution in [2.45, 2.75) is 40.3 Å². The van der Waals surface area contributed by atoms with Crippen LogP contribution in [0.5, 0.6) is 5.88 Å². The van der Waals surface area contributed by atoms with Gasteiger partial charge in [0.1, 0.15) is 12.1 Å². The second-order valence-electron chi connectivity index (χ2n) is 8.87. The Hall–Kier alpha value is -4.20. The van der Waals surface area contributed by atoms with Gasteiger partial charge in [0.2, 0.25) is 0 Å². The summed E-state index contributed by atoms with van der Waals surface area (Å²) in [4.78, 5) is 23.4. The zero-order valence-electron chi connectivity index (χ0n) is 19.9. The molecule has 0 spiro atoms. The zero-order valence-corrected chi connectivity index (χ0v) is 19.9. The van der Waals surface area contributed by atoms with Crippen LogP contribution in [0.4, 0.5) is 0 Å². The number of carbonyl (C=O) groups is 2. The molecule has 0 atom stereocenters. The molecule has 0 unspecified atom stereocenters. The van der Waals surface area contributed by atoms with Crippen molar-refractivity contribution in [3.63, 3.8) is 0 Å². The normalized spacial score (nSPS) is 11.5. The van der Waals surface area contributed by atoms with E-state index in [1.807, 2.05) is 25.1 Å². The lowest BCUT2D eigenvalue weighted by molar-refractivity contribution is -0.163. The first kappa shape index (κ1) is 23.9. The van der Waals surface area contributed by atoms with Crippen LogP contribution in [0.25, 0.3) is 10.9 Å². The van der Waals surface area contributed by atoms with E-state index in [2.05, 4.69) is 33.8 Å². The van der Waals surface area contributed by atoms with E-state index < -0.39 is 17.4 Å². The predicted molar refractivity (Wildman–Crippen MR) is 130 cm³/mol. The second-order valence-corrected chi connectivity index (χ2v) is 8.87. The zero-order chi connectivity index (χ0) is 25.2. The summed E-state index contributed by atoms with van der Waals surface area (Å²) in [6.45, 7) is 6.04. The molecular formula is C27H27N3O5. The first-order valence-corrected chi connectivity index (χ1v) is 11.2. The van der Waals surface area contributed by atoms with Gasteiger partial charge < -0.3 is 19.5 Å². The molecule has 4 aromatic rings. The molecule has 35 heavy (non-hydrogen) atoms. The first-order valence-electron chi connectivity index (χ1n) is 11.2. The van der Waals surface area contributed by atoms with E-state index in [1.165, 1.54) is 6.92 Å².